The standard InChI is InChI=1S/C14H15F3N2OS/c1-3-19(7-14(15,16)17)13(20)12-10(18)9-6-4-5-8(2)11(9)21-12/h4-6H,3,7,18H2,1-2H3. The van der Waals surface area contributed by atoms with Gasteiger partial charge in [-0.25, -0.2) is 0 Å². The third-order valence-corrected chi connectivity index (χ3v) is 4.53. The van der Waals surface area contributed by atoms with Crippen LogP contribution in [0.15, 0.2) is 18.2 Å². The smallest absolute Gasteiger partial charge is 0.397 e. The van der Waals surface area contributed by atoms with Crippen molar-refractivity contribution in [2.24, 2.45) is 0 Å². The largest absolute Gasteiger partial charge is 0.406 e. The number of amides is 1. The molecule has 2 aromatic rings. The Bertz CT molecular complexity index is 679. The van der Waals surface area contributed by atoms with Gasteiger partial charge in [0, 0.05) is 16.6 Å². The van der Waals surface area contributed by atoms with E-state index in [1.54, 1.807) is 6.07 Å². The van der Waals surface area contributed by atoms with Gasteiger partial charge in [0.2, 0.25) is 0 Å². The molecule has 0 atom stereocenters. The molecular weight excluding hydrogens is 301 g/mol. The Morgan fingerprint density at radius 2 is 2.05 bits per heavy atom. The number of fused-ring (bicyclic) bond motifs is 1. The van der Waals surface area contributed by atoms with Crippen molar-refractivity contribution in [3.63, 3.8) is 0 Å². The molecule has 0 bridgehead atoms. The summed E-state index contributed by atoms with van der Waals surface area (Å²) in [5, 5.41) is 0.714. The molecule has 2 rings (SSSR count). The van der Waals surface area contributed by atoms with Crippen molar-refractivity contribution >= 4 is 33.0 Å². The van der Waals surface area contributed by atoms with E-state index in [0.717, 1.165) is 26.5 Å². The summed E-state index contributed by atoms with van der Waals surface area (Å²) in [6.45, 7) is 2.10. The maximum atomic E-state index is 12.5. The predicted molar refractivity (Wildman–Crippen MR) is 78.6 cm³/mol. The number of anilines is 1. The normalized spacial score (nSPS) is 11.9. The molecule has 1 aromatic carbocycles. The minimum absolute atomic E-state index is 0.0228. The monoisotopic (exact) mass is 316 g/mol. The topological polar surface area (TPSA) is 46.3 Å². The molecule has 0 aliphatic heterocycles. The quantitative estimate of drug-likeness (QED) is 0.936. The number of carbonyl (C=O) groups excluding carboxylic acids is 1. The molecule has 0 radical (unpaired) electrons. The van der Waals surface area contributed by atoms with E-state index in [2.05, 4.69) is 0 Å². The fourth-order valence-electron chi connectivity index (χ4n) is 2.13. The van der Waals surface area contributed by atoms with E-state index in [4.69, 9.17) is 5.73 Å². The summed E-state index contributed by atoms with van der Waals surface area (Å²) < 4.78 is 38.4. The highest BCUT2D eigenvalue weighted by atomic mass is 32.1. The van der Waals surface area contributed by atoms with Crippen LogP contribution in [-0.4, -0.2) is 30.1 Å². The summed E-state index contributed by atoms with van der Waals surface area (Å²) in [5.41, 5.74) is 7.15. The van der Waals surface area contributed by atoms with Crippen molar-refractivity contribution in [3.05, 3.63) is 28.6 Å². The molecule has 1 amide bonds. The van der Waals surface area contributed by atoms with Crippen LogP contribution in [0.5, 0.6) is 0 Å². The van der Waals surface area contributed by atoms with Gasteiger partial charge in [0.05, 0.1) is 5.69 Å². The number of aryl methyl sites for hydroxylation is 1. The molecule has 0 fully saturated rings. The number of hydrogen-bond donors (Lipinski definition) is 1. The Kier molecular flexibility index (Phi) is 4.13. The number of nitrogens with two attached hydrogens (primary N) is 1. The molecular formula is C14H15F3N2OS. The maximum absolute atomic E-state index is 12.5. The zero-order chi connectivity index (χ0) is 15.8. The van der Waals surface area contributed by atoms with Gasteiger partial charge in [0.1, 0.15) is 11.4 Å². The third-order valence-electron chi connectivity index (χ3n) is 3.18. The molecule has 0 spiro atoms. The molecule has 0 saturated heterocycles. The first-order chi connectivity index (χ1) is 9.74. The van der Waals surface area contributed by atoms with Gasteiger partial charge in [-0.3, -0.25) is 4.79 Å². The Hall–Kier alpha value is -1.76. The average Bonchev–Trinajstić information content (AvgIpc) is 2.73. The van der Waals surface area contributed by atoms with Crippen LogP contribution in [0.2, 0.25) is 0 Å². The van der Waals surface area contributed by atoms with Crippen LogP contribution >= 0.6 is 11.3 Å². The van der Waals surface area contributed by atoms with Crippen LogP contribution in [0.25, 0.3) is 10.1 Å². The molecule has 7 heteroatoms. The lowest BCUT2D eigenvalue weighted by atomic mass is 10.1. The fraction of sp³-hybridized carbons (Fsp3) is 0.357. The molecule has 0 aliphatic rings. The highest BCUT2D eigenvalue weighted by Crippen LogP contribution is 2.36. The number of thiophene rings is 1. The highest BCUT2D eigenvalue weighted by molar-refractivity contribution is 7.21. The summed E-state index contributed by atoms with van der Waals surface area (Å²) >= 11 is 1.14. The number of alkyl halides is 3. The predicted octanol–water partition coefficient (Wildman–Crippen LogP) is 3.82. The molecule has 0 unspecified atom stereocenters. The summed E-state index contributed by atoms with van der Waals surface area (Å²) in [6, 6.07) is 5.45. The number of carbonyl (C=O) groups is 1. The number of halogens is 3. The minimum Gasteiger partial charge on any atom is -0.397 e. The van der Waals surface area contributed by atoms with Crippen molar-refractivity contribution in [2.45, 2.75) is 20.0 Å². The van der Waals surface area contributed by atoms with Crippen LogP contribution in [0.1, 0.15) is 22.2 Å². The first-order valence-electron chi connectivity index (χ1n) is 6.38. The molecule has 3 nitrogen and oxygen atoms in total. The van der Waals surface area contributed by atoms with Gasteiger partial charge in [0.15, 0.2) is 0 Å². The third kappa shape index (κ3) is 3.12. The number of nitrogen functional groups attached to an aromatic ring is 1. The first-order valence-corrected chi connectivity index (χ1v) is 7.20. The van der Waals surface area contributed by atoms with Gasteiger partial charge in [-0.2, -0.15) is 13.2 Å². The molecule has 1 aromatic heterocycles. The molecule has 2 N–H and O–H groups in total. The number of rotatable bonds is 3. The molecule has 114 valence electrons. The van der Waals surface area contributed by atoms with Gasteiger partial charge in [-0.1, -0.05) is 18.2 Å². The fourth-order valence-corrected chi connectivity index (χ4v) is 3.28. The van der Waals surface area contributed by atoms with Crippen LogP contribution in [0, 0.1) is 6.92 Å². The van der Waals surface area contributed by atoms with Crippen molar-refractivity contribution in [1.29, 1.82) is 0 Å². The molecule has 1 heterocycles. The highest BCUT2D eigenvalue weighted by Gasteiger charge is 2.33. The first kappa shape index (κ1) is 15.6. The van der Waals surface area contributed by atoms with Crippen molar-refractivity contribution < 1.29 is 18.0 Å². The van der Waals surface area contributed by atoms with E-state index in [0.29, 0.717) is 5.39 Å². The van der Waals surface area contributed by atoms with Crippen LogP contribution < -0.4 is 5.73 Å². The lowest BCUT2D eigenvalue weighted by molar-refractivity contribution is -0.140. The van der Waals surface area contributed by atoms with Crippen LogP contribution in [0.3, 0.4) is 0 Å². The second-order valence-corrected chi connectivity index (χ2v) is 5.75. The van der Waals surface area contributed by atoms with Gasteiger partial charge >= 0.3 is 6.18 Å². The molecule has 0 aliphatic carbocycles. The second-order valence-electron chi connectivity index (χ2n) is 4.73. The maximum Gasteiger partial charge on any atom is 0.406 e. The lowest BCUT2D eigenvalue weighted by Gasteiger charge is -2.21. The van der Waals surface area contributed by atoms with E-state index in [1.165, 1.54) is 6.92 Å². The van der Waals surface area contributed by atoms with Gasteiger partial charge in [-0.05, 0) is 19.4 Å². The molecule has 0 saturated carbocycles. The summed E-state index contributed by atoms with van der Waals surface area (Å²) in [5.74, 6) is -0.673. The van der Waals surface area contributed by atoms with Crippen molar-refractivity contribution in [3.8, 4) is 0 Å². The van der Waals surface area contributed by atoms with Gasteiger partial charge in [-0.15, -0.1) is 11.3 Å². The van der Waals surface area contributed by atoms with Gasteiger partial charge < -0.3 is 10.6 Å². The Labute approximate surface area is 124 Å². The zero-order valence-electron chi connectivity index (χ0n) is 11.6. The number of benzene rings is 1. The summed E-state index contributed by atoms with van der Waals surface area (Å²) in [4.78, 5) is 13.2. The second kappa shape index (κ2) is 5.55. The lowest BCUT2D eigenvalue weighted by Crippen LogP contribution is -2.38. The Morgan fingerprint density at radius 1 is 1.38 bits per heavy atom. The Morgan fingerprint density at radius 3 is 2.57 bits per heavy atom. The number of hydrogen-bond acceptors (Lipinski definition) is 3. The molecule has 21 heavy (non-hydrogen) atoms. The summed E-state index contributed by atoms with van der Waals surface area (Å²) in [7, 11) is 0. The van der Waals surface area contributed by atoms with E-state index in [1.807, 2.05) is 19.1 Å². The van der Waals surface area contributed by atoms with E-state index >= 15 is 0 Å². The van der Waals surface area contributed by atoms with Crippen molar-refractivity contribution in [1.82, 2.24) is 4.90 Å². The average molecular weight is 316 g/mol. The van der Waals surface area contributed by atoms with E-state index in [9.17, 15) is 18.0 Å². The van der Waals surface area contributed by atoms with E-state index in [-0.39, 0.29) is 17.1 Å². The van der Waals surface area contributed by atoms with Crippen molar-refractivity contribution in [2.75, 3.05) is 18.8 Å². The zero-order valence-corrected chi connectivity index (χ0v) is 12.4. The van der Waals surface area contributed by atoms with Crippen LogP contribution in [0.4, 0.5) is 18.9 Å². The van der Waals surface area contributed by atoms with Gasteiger partial charge in [0.25, 0.3) is 5.91 Å². The number of nitrogens with zero attached hydrogens (tertiary/aromatic N) is 1. The van der Waals surface area contributed by atoms with Crippen LogP contribution in [-0.2, 0) is 0 Å². The minimum atomic E-state index is -4.42. The van der Waals surface area contributed by atoms with E-state index < -0.39 is 18.6 Å². The summed E-state index contributed by atoms with van der Waals surface area (Å²) in [6.07, 6.45) is -4.42. The SMILES string of the molecule is CCN(CC(F)(F)F)C(=O)c1sc2c(C)cccc2c1N. The Balaban J connectivity index is 2.43.